The molecular weight excluding hydrogens is 268 g/mol. The van der Waals surface area contributed by atoms with Gasteiger partial charge in [-0.15, -0.1) is 0 Å². The first kappa shape index (κ1) is 18.0. The van der Waals surface area contributed by atoms with Crippen LogP contribution < -0.4 is 5.32 Å². The molecule has 1 saturated heterocycles. The van der Waals surface area contributed by atoms with Gasteiger partial charge >= 0.3 is 0 Å². The van der Waals surface area contributed by atoms with Gasteiger partial charge in [-0.05, 0) is 18.8 Å². The minimum Gasteiger partial charge on any atom is -0.379 e. The van der Waals surface area contributed by atoms with Gasteiger partial charge in [0, 0.05) is 13.2 Å². The Labute approximate surface area is 128 Å². The van der Waals surface area contributed by atoms with Crippen LogP contribution in [-0.4, -0.2) is 48.6 Å². The lowest BCUT2D eigenvalue weighted by Gasteiger charge is -2.39. The van der Waals surface area contributed by atoms with Crippen LogP contribution in [0.4, 0.5) is 0 Å². The smallest absolute Gasteiger partial charge is 0.245 e. The number of rotatable bonds is 9. The number of nitrogens with zero attached hydrogens (tertiary/aromatic N) is 1. The molecule has 2 amide bonds. The van der Waals surface area contributed by atoms with E-state index in [0.29, 0.717) is 38.5 Å². The maximum Gasteiger partial charge on any atom is 0.245 e. The lowest BCUT2D eigenvalue weighted by molar-refractivity contribution is -0.150. The number of ether oxygens (including phenoxy) is 1. The summed E-state index contributed by atoms with van der Waals surface area (Å²) in [6.07, 6.45) is 3.17. The Kier molecular flexibility index (Phi) is 7.72. The summed E-state index contributed by atoms with van der Waals surface area (Å²) in [6.45, 7) is 9.93. The highest BCUT2D eigenvalue weighted by molar-refractivity contribution is 5.96. The number of piperazine rings is 1. The fourth-order valence-electron chi connectivity index (χ4n) is 2.62. The Balaban J connectivity index is 2.65. The average molecular weight is 298 g/mol. The molecule has 122 valence electrons. The molecule has 0 spiro atoms. The molecule has 0 aliphatic carbocycles. The van der Waals surface area contributed by atoms with Crippen LogP contribution in [0.5, 0.6) is 0 Å². The molecule has 1 aliphatic heterocycles. The van der Waals surface area contributed by atoms with E-state index >= 15 is 0 Å². The largest absolute Gasteiger partial charge is 0.379 e. The molecule has 1 aliphatic rings. The normalized spacial score (nSPS) is 22.8. The van der Waals surface area contributed by atoms with Gasteiger partial charge in [0.05, 0.1) is 6.61 Å². The summed E-state index contributed by atoms with van der Waals surface area (Å²) in [5.74, 6) is 0.506. The molecular formula is C16H30N2O3. The van der Waals surface area contributed by atoms with Crippen LogP contribution in [0.2, 0.25) is 0 Å². The highest BCUT2D eigenvalue weighted by atomic mass is 16.5. The van der Waals surface area contributed by atoms with Gasteiger partial charge < -0.3 is 15.0 Å². The Morgan fingerprint density at radius 1 is 1.19 bits per heavy atom. The first-order valence-corrected chi connectivity index (χ1v) is 8.19. The van der Waals surface area contributed by atoms with Crippen molar-refractivity contribution >= 4 is 11.8 Å². The Hall–Kier alpha value is -1.10. The third-order valence-electron chi connectivity index (χ3n) is 3.64. The molecule has 21 heavy (non-hydrogen) atoms. The van der Waals surface area contributed by atoms with Crippen molar-refractivity contribution in [1.29, 1.82) is 0 Å². The van der Waals surface area contributed by atoms with Crippen LogP contribution in [-0.2, 0) is 14.3 Å². The number of hydrogen-bond acceptors (Lipinski definition) is 3. The summed E-state index contributed by atoms with van der Waals surface area (Å²) >= 11 is 0. The maximum atomic E-state index is 12.5. The SMILES string of the molecule is CCCC1NC(=O)C(CCC)N(CCOCC(C)C)C1=O. The summed E-state index contributed by atoms with van der Waals surface area (Å²) in [6, 6.07) is -0.695. The molecule has 0 bridgehead atoms. The summed E-state index contributed by atoms with van der Waals surface area (Å²) in [5, 5.41) is 2.87. The van der Waals surface area contributed by atoms with Crippen LogP contribution in [0.3, 0.4) is 0 Å². The molecule has 0 aromatic rings. The molecule has 0 aromatic heterocycles. The first-order chi connectivity index (χ1) is 10.0. The zero-order valence-electron chi connectivity index (χ0n) is 13.9. The van der Waals surface area contributed by atoms with E-state index in [1.54, 1.807) is 4.90 Å². The van der Waals surface area contributed by atoms with Crippen molar-refractivity contribution in [2.45, 2.75) is 65.5 Å². The Morgan fingerprint density at radius 3 is 2.43 bits per heavy atom. The molecule has 5 heteroatoms. The first-order valence-electron chi connectivity index (χ1n) is 8.19. The molecule has 0 saturated carbocycles. The molecule has 5 nitrogen and oxygen atoms in total. The highest BCUT2D eigenvalue weighted by Gasteiger charge is 2.39. The van der Waals surface area contributed by atoms with Crippen molar-refractivity contribution in [3.63, 3.8) is 0 Å². The highest BCUT2D eigenvalue weighted by Crippen LogP contribution is 2.17. The van der Waals surface area contributed by atoms with E-state index < -0.39 is 0 Å². The lowest BCUT2D eigenvalue weighted by atomic mass is 10.0. The van der Waals surface area contributed by atoms with Gasteiger partial charge in [0.1, 0.15) is 12.1 Å². The van der Waals surface area contributed by atoms with Gasteiger partial charge in [-0.1, -0.05) is 40.5 Å². The number of amides is 2. The average Bonchev–Trinajstić information content (AvgIpc) is 2.43. The second-order valence-corrected chi connectivity index (χ2v) is 6.15. The van der Waals surface area contributed by atoms with Gasteiger partial charge in [-0.2, -0.15) is 0 Å². The molecule has 2 unspecified atom stereocenters. The molecule has 0 aromatic carbocycles. The van der Waals surface area contributed by atoms with Crippen LogP contribution in [0.25, 0.3) is 0 Å². The standard InChI is InChI=1S/C16H30N2O3/c1-5-7-13-16(20)18(9-10-21-11-12(3)4)14(8-6-2)15(19)17-13/h12-14H,5-11H2,1-4H3,(H,17,19). The molecule has 2 atom stereocenters. The van der Waals surface area contributed by atoms with Crippen LogP contribution in [0.15, 0.2) is 0 Å². The van der Waals surface area contributed by atoms with Crippen LogP contribution in [0.1, 0.15) is 53.4 Å². The zero-order valence-corrected chi connectivity index (χ0v) is 13.9. The molecule has 1 fully saturated rings. The fourth-order valence-corrected chi connectivity index (χ4v) is 2.62. The summed E-state index contributed by atoms with van der Waals surface area (Å²) in [5.41, 5.74) is 0. The van der Waals surface area contributed by atoms with E-state index in [4.69, 9.17) is 4.74 Å². The van der Waals surface area contributed by atoms with E-state index in [0.717, 1.165) is 12.8 Å². The summed E-state index contributed by atoms with van der Waals surface area (Å²) in [7, 11) is 0. The lowest BCUT2D eigenvalue weighted by Crippen LogP contribution is -2.63. The van der Waals surface area contributed by atoms with E-state index in [1.165, 1.54) is 0 Å². The molecule has 1 rings (SSSR count). The topological polar surface area (TPSA) is 58.6 Å². The zero-order chi connectivity index (χ0) is 15.8. The predicted molar refractivity (Wildman–Crippen MR) is 82.9 cm³/mol. The van der Waals surface area contributed by atoms with Gasteiger partial charge in [0.25, 0.3) is 0 Å². The fraction of sp³-hybridized carbons (Fsp3) is 0.875. The second-order valence-electron chi connectivity index (χ2n) is 6.15. The van der Waals surface area contributed by atoms with Gasteiger partial charge in [0.2, 0.25) is 11.8 Å². The van der Waals surface area contributed by atoms with E-state index in [1.807, 2.05) is 13.8 Å². The summed E-state index contributed by atoms with van der Waals surface area (Å²) < 4.78 is 5.58. The van der Waals surface area contributed by atoms with E-state index in [9.17, 15) is 9.59 Å². The molecule has 1 heterocycles. The molecule has 1 N–H and O–H groups in total. The monoisotopic (exact) mass is 298 g/mol. The number of hydrogen-bond donors (Lipinski definition) is 1. The van der Waals surface area contributed by atoms with Crippen molar-refractivity contribution in [3.05, 3.63) is 0 Å². The van der Waals surface area contributed by atoms with Crippen molar-refractivity contribution < 1.29 is 14.3 Å². The van der Waals surface area contributed by atoms with Crippen molar-refractivity contribution in [1.82, 2.24) is 10.2 Å². The number of carbonyl (C=O) groups is 2. The quantitative estimate of drug-likeness (QED) is 0.662. The second kappa shape index (κ2) is 9.03. The van der Waals surface area contributed by atoms with Crippen molar-refractivity contribution in [3.8, 4) is 0 Å². The van der Waals surface area contributed by atoms with Crippen LogP contribution in [0, 0.1) is 5.92 Å². The minimum absolute atomic E-state index is 0.0150. The third-order valence-corrected chi connectivity index (χ3v) is 3.64. The summed E-state index contributed by atoms with van der Waals surface area (Å²) in [4.78, 5) is 26.5. The van der Waals surface area contributed by atoms with Gasteiger partial charge in [0.15, 0.2) is 0 Å². The maximum absolute atomic E-state index is 12.5. The van der Waals surface area contributed by atoms with Crippen LogP contribution >= 0.6 is 0 Å². The van der Waals surface area contributed by atoms with E-state index in [2.05, 4.69) is 19.2 Å². The Morgan fingerprint density at radius 2 is 1.86 bits per heavy atom. The minimum atomic E-state index is -0.360. The number of nitrogens with one attached hydrogen (secondary N) is 1. The van der Waals surface area contributed by atoms with Gasteiger partial charge in [-0.25, -0.2) is 0 Å². The van der Waals surface area contributed by atoms with Crippen molar-refractivity contribution in [2.75, 3.05) is 19.8 Å². The van der Waals surface area contributed by atoms with Gasteiger partial charge in [-0.3, -0.25) is 9.59 Å². The van der Waals surface area contributed by atoms with Crippen molar-refractivity contribution in [2.24, 2.45) is 5.92 Å². The third kappa shape index (κ3) is 5.30. The Bertz CT molecular complexity index is 344. The van der Waals surface area contributed by atoms with E-state index in [-0.39, 0.29) is 23.9 Å². The molecule has 0 radical (unpaired) electrons. The predicted octanol–water partition coefficient (Wildman–Crippen LogP) is 1.95. The number of carbonyl (C=O) groups excluding carboxylic acids is 2.